The summed E-state index contributed by atoms with van der Waals surface area (Å²) in [5.41, 5.74) is -0.291. The lowest BCUT2D eigenvalue weighted by atomic mass is 9.55. The van der Waals surface area contributed by atoms with Crippen LogP contribution >= 0.6 is 0 Å². The Morgan fingerprint density at radius 3 is 1.43 bits per heavy atom. The highest BCUT2D eigenvalue weighted by atomic mass is 16.6. The van der Waals surface area contributed by atoms with Crippen molar-refractivity contribution in [3.05, 3.63) is 34.3 Å². The first-order chi connectivity index (χ1) is 39.8. The van der Waals surface area contributed by atoms with E-state index in [0.717, 1.165) is 0 Å². The molecule has 1 saturated heterocycles. The molecule has 0 aromatic rings. The molecule has 0 amide bonds. The van der Waals surface area contributed by atoms with E-state index in [0.29, 0.717) is 96.7 Å². The summed E-state index contributed by atoms with van der Waals surface area (Å²) in [7, 11) is 0. The fourth-order valence-corrected chi connectivity index (χ4v) is 13.7. The zero-order valence-corrected chi connectivity index (χ0v) is 53.7. The Morgan fingerprint density at radius 1 is 0.512 bits per heavy atom. The van der Waals surface area contributed by atoms with Crippen LogP contribution in [0.4, 0.5) is 0 Å². The van der Waals surface area contributed by atoms with Gasteiger partial charge in [-0.25, -0.2) is 0 Å². The largest absolute Gasteiger partial charge is 0.466 e. The van der Waals surface area contributed by atoms with Crippen molar-refractivity contribution in [2.45, 2.75) is 231 Å². The minimum Gasteiger partial charge on any atom is -0.466 e. The van der Waals surface area contributed by atoms with Gasteiger partial charge >= 0.3 is 41.8 Å². The summed E-state index contributed by atoms with van der Waals surface area (Å²) in [6.07, 6.45) is 7.04. The average molecular weight is 1180 g/mol. The van der Waals surface area contributed by atoms with Gasteiger partial charge in [-0.2, -0.15) is 0 Å². The van der Waals surface area contributed by atoms with E-state index in [9.17, 15) is 33.6 Å². The van der Waals surface area contributed by atoms with Gasteiger partial charge in [-0.05, 0) is 109 Å². The fraction of sp³-hybridized carbons (Fsp3) is 0.758. The van der Waals surface area contributed by atoms with Crippen LogP contribution in [0.25, 0.3) is 0 Å². The van der Waals surface area contributed by atoms with E-state index in [1.165, 1.54) is 0 Å². The van der Waals surface area contributed by atoms with Gasteiger partial charge in [0.2, 0.25) is 0 Å². The number of allylic oxidation sites excluding steroid dienone is 6. The number of fused-ring (bicyclic) bond motifs is 6. The standard InChI is InChI=1S/C66H102N4O14/c1-16-31-78-50(71)26-23-44-48-39-49-62(10,11)45(24-27-51(72)79-32-17-2)57(68-49)42(8)59-63(12,30-29-53(74)81-34-19-4)47(38-54(75)82-35-20-5)61(69-59)66(15)65(14,41-56(77)84-37-22-7)46(25-28-52(73)80-33-18-3)58(70-66)43(9)60(67-48)64(44,13)40-55(76)83-36-21-6/h39,44-47,61,67H,16-38,40-41H2,1-15H3/b48-39-,57-42?,60-43-/t44-,45-,46-,47+,61?,63-,64+,65+,66-/m1/s1. The van der Waals surface area contributed by atoms with Crippen LogP contribution in [0, 0.1) is 45.3 Å². The second kappa shape index (κ2) is 30.6. The van der Waals surface area contributed by atoms with Gasteiger partial charge in [-0.15, -0.1) is 0 Å². The van der Waals surface area contributed by atoms with E-state index in [-0.39, 0.29) is 122 Å². The first-order valence-corrected chi connectivity index (χ1v) is 31.6. The number of carbonyl (C=O) groups excluding carboxylic acids is 7. The molecule has 0 saturated carbocycles. The number of rotatable bonds is 32. The Kier molecular flexibility index (Phi) is 25.2. The maximum atomic E-state index is 14.7. The molecule has 1 fully saturated rings. The molecule has 9 atom stereocenters. The number of esters is 7. The number of ether oxygens (including phenoxy) is 7. The molecule has 18 nitrogen and oxygen atoms in total. The zero-order chi connectivity index (χ0) is 62.2. The van der Waals surface area contributed by atoms with Crippen LogP contribution in [0.5, 0.6) is 0 Å². The highest BCUT2D eigenvalue weighted by Crippen LogP contribution is 2.63. The van der Waals surface area contributed by atoms with Crippen LogP contribution < -0.4 is 5.32 Å². The van der Waals surface area contributed by atoms with E-state index < -0.39 is 86.8 Å². The highest BCUT2D eigenvalue weighted by Gasteiger charge is 2.67. The molecule has 0 spiro atoms. The van der Waals surface area contributed by atoms with Gasteiger partial charge in [0.05, 0.1) is 77.1 Å². The fourth-order valence-electron chi connectivity index (χ4n) is 13.7. The summed E-state index contributed by atoms with van der Waals surface area (Å²) in [5.74, 6) is -5.21. The minimum absolute atomic E-state index is 0.0119. The summed E-state index contributed by atoms with van der Waals surface area (Å²) in [6.45, 7) is 31.3. The van der Waals surface area contributed by atoms with Crippen molar-refractivity contribution >= 4 is 58.9 Å². The van der Waals surface area contributed by atoms with Crippen LogP contribution in [-0.4, -0.2) is 117 Å². The normalized spacial score (nSPS) is 29.0. The molecule has 1 unspecified atom stereocenters. The lowest BCUT2D eigenvalue weighted by Gasteiger charge is -2.48. The van der Waals surface area contributed by atoms with Crippen LogP contribution in [0.15, 0.2) is 49.3 Å². The Bertz CT molecular complexity index is 2590. The Morgan fingerprint density at radius 2 is 0.940 bits per heavy atom. The van der Waals surface area contributed by atoms with Gasteiger partial charge in [-0.3, -0.25) is 48.5 Å². The second-order valence-corrected chi connectivity index (χ2v) is 25.3. The molecule has 5 aliphatic heterocycles. The molecule has 5 rings (SSSR count). The van der Waals surface area contributed by atoms with Gasteiger partial charge in [0.15, 0.2) is 0 Å². The van der Waals surface area contributed by atoms with Crippen molar-refractivity contribution in [3.63, 3.8) is 0 Å². The number of nitrogens with one attached hydrogen (secondary N) is 1. The predicted molar refractivity (Wildman–Crippen MR) is 323 cm³/mol. The highest BCUT2D eigenvalue weighted by molar-refractivity contribution is 6.10. The molecular weight excluding hydrogens is 1070 g/mol. The van der Waals surface area contributed by atoms with Gasteiger partial charge in [0.1, 0.15) is 0 Å². The van der Waals surface area contributed by atoms with Crippen LogP contribution in [-0.2, 0) is 66.7 Å². The summed E-state index contributed by atoms with van der Waals surface area (Å²) < 4.78 is 40.6. The zero-order valence-electron chi connectivity index (χ0n) is 53.7. The van der Waals surface area contributed by atoms with Crippen LogP contribution in [0.1, 0.15) is 219 Å². The summed E-state index contributed by atoms with van der Waals surface area (Å²) >= 11 is 0. The van der Waals surface area contributed by atoms with Crippen molar-refractivity contribution < 1.29 is 66.7 Å². The SMILES string of the molecule is CCCOC(=O)CC[C@@H]1C2=C(C)C3=NC([C@H](CC(=O)OCCC)[C@@]3(C)CCC(=O)OCCC)[C@@]3(C)N=C(/C(C)=C4\N/C(=C\C(=N2)C1(C)C)[C@@H](CCC(=O)OCCC)[C@]4(C)CC(=O)OCCC)[C@@H](CCC(=O)OCCC)[C@]3(C)CC(=O)OCCC. The molecule has 5 heterocycles. The topological polar surface area (TPSA) is 233 Å². The number of carbonyl (C=O) groups is 7. The third-order valence-electron chi connectivity index (χ3n) is 18.5. The van der Waals surface area contributed by atoms with Crippen LogP contribution in [0.3, 0.4) is 0 Å². The monoisotopic (exact) mass is 1170 g/mol. The Balaban J connectivity index is 2.03. The van der Waals surface area contributed by atoms with E-state index in [1.807, 2.05) is 96.1 Å². The smallest absolute Gasteiger partial charge is 0.306 e. The van der Waals surface area contributed by atoms with E-state index in [2.05, 4.69) is 19.2 Å². The lowest BCUT2D eigenvalue weighted by molar-refractivity contribution is -0.150. The minimum atomic E-state index is -1.39. The van der Waals surface area contributed by atoms with Crippen molar-refractivity contribution in [1.29, 1.82) is 0 Å². The summed E-state index contributed by atoms with van der Waals surface area (Å²) in [4.78, 5) is 116. The van der Waals surface area contributed by atoms with E-state index in [4.69, 9.17) is 48.1 Å². The van der Waals surface area contributed by atoms with E-state index in [1.54, 1.807) is 0 Å². The molecule has 5 aliphatic rings. The van der Waals surface area contributed by atoms with Crippen molar-refractivity contribution in [3.8, 4) is 0 Å². The third-order valence-corrected chi connectivity index (χ3v) is 18.5. The summed E-state index contributed by atoms with van der Waals surface area (Å²) in [6, 6.07) is -0.893. The predicted octanol–water partition coefficient (Wildman–Crippen LogP) is 12.0. The first-order valence-electron chi connectivity index (χ1n) is 31.6. The van der Waals surface area contributed by atoms with Crippen molar-refractivity contribution in [2.75, 3.05) is 46.2 Å². The molecule has 470 valence electrons. The van der Waals surface area contributed by atoms with Gasteiger partial charge < -0.3 is 38.5 Å². The summed E-state index contributed by atoms with van der Waals surface area (Å²) in [5, 5.41) is 3.86. The van der Waals surface area contributed by atoms with Gasteiger partial charge in [-0.1, -0.05) is 83.1 Å². The molecule has 0 aromatic heterocycles. The first kappa shape index (κ1) is 69.1. The number of aliphatic imine (C=N–C) groups is 3. The molecule has 84 heavy (non-hydrogen) atoms. The molecule has 0 radical (unpaired) electrons. The van der Waals surface area contributed by atoms with Crippen molar-refractivity contribution in [1.82, 2.24) is 5.32 Å². The third kappa shape index (κ3) is 15.5. The lowest BCUT2D eigenvalue weighted by Crippen LogP contribution is -2.55. The van der Waals surface area contributed by atoms with Gasteiger partial charge in [0.25, 0.3) is 0 Å². The Hall–Kier alpha value is -5.68. The molecule has 0 aromatic carbocycles. The maximum Gasteiger partial charge on any atom is 0.306 e. The molecule has 1 N–H and O–H groups in total. The number of hydrogen-bond acceptors (Lipinski definition) is 18. The molecule has 0 aliphatic carbocycles. The second-order valence-electron chi connectivity index (χ2n) is 25.3. The average Bonchev–Trinajstić information content (AvgIpc) is 3.94. The number of nitrogens with zero attached hydrogens (tertiary/aromatic N) is 3. The van der Waals surface area contributed by atoms with E-state index >= 15 is 0 Å². The van der Waals surface area contributed by atoms with Crippen LogP contribution in [0.2, 0.25) is 0 Å². The molecule has 8 bridgehead atoms. The van der Waals surface area contributed by atoms with Crippen molar-refractivity contribution in [2.24, 2.45) is 60.3 Å². The molecular formula is C66H102N4O14. The van der Waals surface area contributed by atoms with Gasteiger partial charge in [0, 0.05) is 105 Å². The molecule has 18 heteroatoms. The number of hydrogen-bond donors (Lipinski definition) is 1. The Labute approximate surface area is 501 Å². The quantitative estimate of drug-likeness (QED) is 0.0487. The maximum absolute atomic E-state index is 14.7.